The first-order valence-electron chi connectivity index (χ1n) is 9.92. The standard InChI is InChI=1S/C25H17ClN4O3/c26-18-10-11-21-20(13-18)25(32)30-24(29-21)17(14-27)12-16-6-4-5-9-22(16)33-15-23(31)28-19-7-2-1-3-8-19/h1-13H,15H2,(H,28,31)(H,29,30,32)/b17-12+. The van der Waals surface area contributed by atoms with E-state index in [1.165, 1.54) is 6.07 Å². The highest BCUT2D eigenvalue weighted by atomic mass is 35.5. The molecule has 33 heavy (non-hydrogen) atoms. The summed E-state index contributed by atoms with van der Waals surface area (Å²) in [6.07, 6.45) is 1.55. The van der Waals surface area contributed by atoms with Gasteiger partial charge in [0.15, 0.2) is 12.4 Å². The van der Waals surface area contributed by atoms with Crippen LogP contribution in [0.5, 0.6) is 5.75 Å². The summed E-state index contributed by atoms with van der Waals surface area (Å²) in [6, 6.07) is 22.8. The number of hydrogen-bond donors (Lipinski definition) is 2. The number of nitrogens with one attached hydrogen (secondary N) is 2. The smallest absolute Gasteiger partial charge is 0.262 e. The molecule has 0 radical (unpaired) electrons. The molecule has 1 amide bonds. The summed E-state index contributed by atoms with van der Waals surface area (Å²) in [6.45, 7) is -0.215. The number of H-pyrrole nitrogens is 1. The Labute approximate surface area is 193 Å². The molecular formula is C25H17ClN4O3. The van der Waals surface area contributed by atoms with E-state index in [2.05, 4.69) is 21.4 Å². The number of ether oxygens (including phenoxy) is 1. The van der Waals surface area contributed by atoms with E-state index in [-0.39, 0.29) is 23.9 Å². The largest absolute Gasteiger partial charge is 0.483 e. The van der Waals surface area contributed by atoms with E-state index in [1.807, 2.05) is 18.2 Å². The van der Waals surface area contributed by atoms with E-state index in [1.54, 1.807) is 54.6 Å². The number of amides is 1. The van der Waals surface area contributed by atoms with Crippen molar-refractivity contribution in [3.63, 3.8) is 0 Å². The predicted molar refractivity (Wildman–Crippen MR) is 128 cm³/mol. The van der Waals surface area contributed by atoms with Crippen LogP contribution in [0.3, 0.4) is 0 Å². The Morgan fingerprint density at radius 3 is 2.67 bits per heavy atom. The maximum atomic E-state index is 12.5. The Morgan fingerprint density at radius 2 is 1.88 bits per heavy atom. The number of anilines is 1. The number of halogens is 1. The maximum absolute atomic E-state index is 12.5. The number of carbonyl (C=O) groups is 1. The minimum Gasteiger partial charge on any atom is -0.483 e. The van der Waals surface area contributed by atoms with Crippen molar-refractivity contribution in [2.75, 3.05) is 11.9 Å². The molecule has 7 nitrogen and oxygen atoms in total. The molecule has 0 aliphatic heterocycles. The lowest BCUT2D eigenvalue weighted by Gasteiger charge is -2.10. The summed E-state index contributed by atoms with van der Waals surface area (Å²) in [5, 5.41) is 13.2. The fourth-order valence-electron chi connectivity index (χ4n) is 3.14. The Morgan fingerprint density at radius 1 is 1.12 bits per heavy atom. The van der Waals surface area contributed by atoms with Crippen molar-refractivity contribution in [2.45, 2.75) is 0 Å². The lowest BCUT2D eigenvalue weighted by molar-refractivity contribution is -0.118. The summed E-state index contributed by atoms with van der Waals surface area (Å²) in [5.74, 6) is 0.206. The van der Waals surface area contributed by atoms with Crippen LogP contribution in [-0.2, 0) is 4.79 Å². The zero-order valence-corrected chi connectivity index (χ0v) is 18.0. The van der Waals surface area contributed by atoms with E-state index in [0.717, 1.165) is 0 Å². The molecule has 162 valence electrons. The highest BCUT2D eigenvalue weighted by Gasteiger charge is 2.11. The first-order chi connectivity index (χ1) is 16.0. The average Bonchev–Trinajstić information content (AvgIpc) is 2.83. The van der Waals surface area contributed by atoms with Gasteiger partial charge in [0.25, 0.3) is 11.5 Å². The summed E-state index contributed by atoms with van der Waals surface area (Å²) in [5.41, 5.74) is 1.37. The molecule has 4 aromatic rings. The fraction of sp³-hybridized carbons (Fsp3) is 0.0400. The molecule has 0 saturated heterocycles. The van der Waals surface area contributed by atoms with Crippen molar-refractivity contribution in [3.05, 3.63) is 99.6 Å². The monoisotopic (exact) mass is 456 g/mol. The minimum atomic E-state index is -0.402. The minimum absolute atomic E-state index is 0.119. The van der Waals surface area contributed by atoms with Crippen LogP contribution >= 0.6 is 11.6 Å². The van der Waals surface area contributed by atoms with Crippen LogP contribution in [-0.4, -0.2) is 22.5 Å². The van der Waals surface area contributed by atoms with Crippen LogP contribution in [0.15, 0.2) is 77.6 Å². The Kier molecular flexibility index (Phi) is 6.48. The number of aromatic amines is 1. The third-order valence-electron chi connectivity index (χ3n) is 4.68. The summed E-state index contributed by atoms with van der Waals surface area (Å²) in [4.78, 5) is 31.7. The van der Waals surface area contributed by atoms with Gasteiger partial charge in [0.2, 0.25) is 0 Å². The van der Waals surface area contributed by atoms with Gasteiger partial charge in [-0.05, 0) is 42.5 Å². The number of nitrogens with zero attached hydrogens (tertiary/aromatic N) is 2. The lowest BCUT2D eigenvalue weighted by Crippen LogP contribution is -2.20. The number of hydrogen-bond acceptors (Lipinski definition) is 5. The molecule has 1 heterocycles. The Bertz CT molecular complexity index is 1460. The molecule has 8 heteroatoms. The van der Waals surface area contributed by atoms with E-state index >= 15 is 0 Å². The summed E-state index contributed by atoms with van der Waals surface area (Å²) < 4.78 is 5.69. The van der Waals surface area contributed by atoms with Gasteiger partial charge in [-0.1, -0.05) is 48.0 Å². The average molecular weight is 457 g/mol. The first kappa shape index (κ1) is 21.8. The highest BCUT2D eigenvalue weighted by Crippen LogP contribution is 2.24. The van der Waals surface area contributed by atoms with E-state index in [0.29, 0.717) is 32.9 Å². The Hall–Kier alpha value is -4.41. The number of fused-ring (bicyclic) bond motifs is 1. The molecule has 0 fully saturated rings. The molecule has 0 atom stereocenters. The second-order valence-corrected chi connectivity index (χ2v) is 7.42. The number of rotatable bonds is 6. The number of aromatic nitrogens is 2. The van der Waals surface area contributed by atoms with Crippen molar-refractivity contribution in [1.29, 1.82) is 5.26 Å². The molecule has 0 aliphatic rings. The van der Waals surface area contributed by atoms with Crippen LogP contribution in [0, 0.1) is 11.3 Å². The van der Waals surface area contributed by atoms with Crippen molar-refractivity contribution >= 4 is 45.7 Å². The highest BCUT2D eigenvalue weighted by molar-refractivity contribution is 6.31. The normalized spacial score (nSPS) is 11.1. The molecule has 0 spiro atoms. The van der Waals surface area contributed by atoms with Gasteiger partial charge in [-0.3, -0.25) is 9.59 Å². The van der Waals surface area contributed by atoms with Gasteiger partial charge in [-0.15, -0.1) is 0 Å². The number of carbonyl (C=O) groups excluding carboxylic acids is 1. The Balaban J connectivity index is 1.59. The predicted octanol–water partition coefficient (Wildman–Crippen LogP) is 4.66. The van der Waals surface area contributed by atoms with Crippen LogP contribution in [0.25, 0.3) is 22.6 Å². The van der Waals surface area contributed by atoms with Crippen molar-refractivity contribution in [1.82, 2.24) is 9.97 Å². The molecule has 0 unspecified atom stereocenters. The topological polar surface area (TPSA) is 108 Å². The zero-order chi connectivity index (χ0) is 23.2. The van der Waals surface area contributed by atoms with E-state index in [4.69, 9.17) is 16.3 Å². The van der Waals surface area contributed by atoms with Crippen LogP contribution < -0.4 is 15.6 Å². The number of benzene rings is 3. The van der Waals surface area contributed by atoms with Crippen molar-refractivity contribution < 1.29 is 9.53 Å². The number of nitriles is 1. The molecule has 0 aliphatic carbocycles. The summed E-state index contributed by atoms with van der Waals surface area (Å²) in [7, 11) is 0. The molecule has 2 N–H and O–H groups in total. The van der Waals surface area contributed by atoms with Gasteiger partial charge in [0, 0.05) is 16.3 Å². The SMILES string of the molecule is N#C/C(=C\c1ccccc1OCC(=O)Nc1ccccc1)c1nc2ccc(Cl)cc2c(=O)[nH]1. The third kappa shape index (κ3) is 5.26. The number of para-hydroxylation sites is 2. The fourth-order valence-corrected chi connectivity index (χ4v) is 3.31. The molecule has 4 rings (SSSR count). The molecular weight excluding hydrogens is 440 g/mol. The zero-order valence-electron chi connectivity index (χ0n) is 17.2. The van der Waals surface area contributed by atoms with Crippen molar-refractivity contribution in [2.24, 2.45) is 0 Å². The lowest BCUT2D eigenvalue weighted by atomic mass is 10.1. The molecule has 3 aromatic carbocycles. The van der Waals surface area contributed by atoms with Gasteiger partial charge >= 0.3 is 0 Å². The number of allylic oxidation sites excluding steroid dienone is 1. The van der Waals surface area contributed by atoms with Crippen molar-refractivity contribution in [3.8, 4) is 11.8 Å². The molecule has 1 aromatic heterocycles. The van der Waals surface area contributed by atoms with Crippen LogP contribution in [0.1, 0.15) is 11.4 Å². The van der Waals surface area contributed by atoms with Crippen LogP contribution in [0.2, 0.25) is 5.02 Å². The van der Waals surface area contributed by atoms with Gasteiger partial charge < -0.3 is 15.0 Å². The molecule has 0 saturated carbocycles. The van der Waals surface area contributed by atoms with Gasteiger partial charge in [-0.25, -0.2) is 4.98 Å². The quantitative estimate of drug-likeness (QED) is 0.410. The van der Waals surface area contributed by atoms with Crippen LogP contribution in [0.4, 0.5) is 5.69 Å². The van der Waals surface area contributed by atoms with Gasteiger partial charge in [0.05, 0.1) is 16.5 Å². The second kappa shape index (κ2) is 9.81. The maximum Gasteiger partial charge on any atom is 0.262 e. The summed E-state index contributed by atoms with van der Waals surface area (Å²) >= 11 is 5.96. The van der Waals surface area contributed by atoms with Gasteiger partial charge in [-0.2, -0.15) is 5.26 Å². The third-order valence-corrected chi connectivity index (χ3v) is 4.91. The molecule has 0 bridgehead atoms. The van der Waals surface area contributed by atoms with E-state index in [9.17, 15) is 14.9 Å². The van der Waals surface area contributed by atoms with Gasteiger partial charge in [0.1, 0.15) is 11.8 Å². The second-order valence-electron chi connectivity index (χ2n) is 6.99. The van der Waals surface area contributed by atoms with E-state index < -0.39 is 5.56 Å². The first-order valence-corrected chi connectivity index (χ1v) is 10.3.